The van der Waals surface area contributed by atoms with Gasteiger partial charge in [0.1, 0.15) is 6.33 Å². The fourth-order valence-electron chi connectivity index (χ4n) is 4.58. The number of likely N-dealkylation sites (tertiary alicyclic amines) is 1. The zero-order valence-corrected chi connectivity index (χ0v) is 17.4. The van der Waals surface area contributed by atoms with Crippen molar-refractivity contribution in [3.63, 3.8) is 0 Å². The van der Waals surface area contributed by atoms with Crippen molar-refractivity contribution in [2.45, 2.75) is 32.4 Å². The summed E-state index contributed by atoms with van der Waals surface area (Å²) in [5.41, 5.74) is 5.12. The average Bonchev–Trinajstić information content (AvgIpc) is 3.28. The molecular formula is C23H25N5S. The first kappa shape index (κ1) is 18.3. The third-order valence-electron chi connectivity index (χ3n) is 6.04. The fraction of sp³-hybridized carbons (Fsp3) is 0.304. The van der Waals surface area contributed by atoms with E-state index in [2.05, 4.69) is 58.3 Å². The van der Waals surface area contributed by atoms with Crippen LogP contribution < -0.4 is 0 Å². The van der Waals surface area contributed by atoms with Gasteiger partial charge >= 0.3 is 0 Å². The van der Waals surface area contributed by atoms with Gasteiger partial charge in [-0.25, -0.2) is 4.68 Å². The van der Waals surface area contributed by atoms with Crippen molar-refractivity contribution in [3.8, 4) is 5.69 Å². The van der Waals surface area contributed by atoms with Gasteiger partial charge in [-0.2, -0.15) is 5.10 Å². The second-order valence-corrected chi connectivity index (χ2v) is 8.23. The normalized spacial score (nSPS) is 15.9. The number of nitrogens with one attached hydrogen (secondary N) is 1. The highest BCUT2D eigenvalue weighted by atomic mass is 32.1. The maximum atomic E-state index is 5.67. The summed E-state index contributed by atoms with van der Waals surface area (Å²) in [5.74, 6) is 0.609. The molecule has 0 radical (unpaired) electrons. The molecule has 0 spiro atoms. The molecule has 1 aliphatic rings. The van der Waals surface area contributed by atoms with Gasteiger partial charge in [-0.05, 0) is 61.7 Å². The Kier molecular flexibility index (Phi) is 4.81. The number of aromatic nitrogens is 4. The minimum absolute atomic E-state index is 0.609. The van der Waals surface area contributed by atoms with Crippen molar-refractivity contribution in [2.24, 2.45) is 0 Å². The number of hydrogen-bond donors (Lipinski definition) is 1. The van der Waals surface area contributed by atoms with Gasteiger partial charge in [0.15, 0.2) is 0 Å². The van der Waals surface area contributed by atoms with Crippen LogP contribution in [0.15, 0.2) is 60.9 Å². The van der Waals surface area contributed by atoms with Crippen molar-refractivity contribution in [1.82, 2.24) is 24.2 Å². The highest BCUT2D eigenvalue weighted by Crippen LogP contribution is 2.35. The summed E-state index contributed by atoms with van der Waals surface area (Å²) in [6.45, 7) is 5.07. The Labute approximate surface area is 175 Å². The minimum Gasteiger partial charge on any atom is -0.358 e. The van der Waals surface area contributed by atoms with E-state index in [1.807, 2.05) is 33.8 Å². The number of aryl methyl sites for hydroxylation is 1. The molecule has 0 amide bonds. The second kappa shape index (κ2) is 7.61. The van der Waals surface area contributed by atoms with E-state index in [0.29, 0.717) is 5.92 Å². The molecule has 29 heavy (non-hydrogen) atoms. The lowest BCUT2D eigenvalue weighted by molar-refractivity contribution is 0.160. The molecule has 3 heterocycles. The minimum atomic E-state index is 0.609. The molecule has 0 aliphatic carbocycles. The molecule has 0 atom stereocenters. The second-order valence-electron chi connectivity index (χ2n) is 7.86. The standard InChI is InChI=1S/C23H25N5S/c1-17-22(20-9-5-6-10-21(20)25-17)18-11-13-26(14-12-18)16-28-23(29)27(15-24-28)19-7-3-2-4-8-19/h2-10,15,18,25H,11-14,16H2,1H3. The molecule has 0 bridgehead atoms. The largest absolute Gasteiger partial charge is 0.358 e. The molecule has 5 nitrogen and oxygen atoms in total. The van der Waals surface area contributed by atoms with E-state index in [0.717, 1.165) is 43.1 Å². The van der Waals surface area contributed by atoms with Crippen LogP contribution in [0.25, 0.3) is 16.6 Å². The Morgan fingerprint density at radius 2 is 1.76 bits per heavy atom. The van der Waals surface area contributed by atoms with E-state index >= 15 is 0 Å². The Morgan fingerprint density at radius 3 is 2.55 bits per heavy atom. The predicted octanol–water partition coefficient (Wildman–Crippen LogP) is 5.03. The van der Waals surface area contributed by atoms with Gasteiger partial charge in [0.2, 0.25) is 4.77 Å². The Hall–Kier alpha value is -2.70. The van der Waals surface area contributed by atoms with Crippen molar-refractivity contribution >= 4 is 23.1 Å². The Morgan fingerprint density at radius 1 is 1.03 bits per heavy atom. The number of benzene rings is 2. The first-order chi connectivity index (χ1) is 14.2. The van der Waals surface area contributed by atoms with Crippen LogP contribution in [0.2, 0.25) is 0 Å². The number of para-hydroxylation sites is 2. The molecule has 1 N–H and O–H groups in total. The van der Waals surface area contributed by atoms with Crippen LogP contribution in [0.3, 0.4) is 0 Å². The molecule has 2 aromatic heterocycles. The molecule has 1 fully saturated rings. The van der Waals surface area contributed by atoms with Crippen molar-refractivity contribution < 1.29 is 0 Å². The monoisotopic (exact) mass is 403 g/mol. The highest BCUT2D eigenvalue weighted by molar-refractivity contribution is 7.71. The molecule has 5 rings (SSSR count). The van der Waals surface area contributed by atoms with Gasteiger partial charge < -0.3 is 4.98 Å². The average molecular weight is 404 g/mol. The molecule has 0 saturated carbocycles. The van der Waals surface area contributed by atoms with E-state index < -0.39 is 0 Å². The van der Waals surface area contributed by atoms with Crippen LogP contribution in [0.1, 0.15) is 30.0 Å². The van der Waals surface area contributed by atoms with Gasteiger partial charge in [0.25, 0.3) is 0 Å². The number of hydrogen-bond acceptors (Lipinski definition) is 3. The van der Waals surface area contributed by atoms with Gasteiger partial charge in [0.05, 0.1) is 6.67 Å². The maximum Gasteiger partial charge on any atom is 0.203 e. The van der Waals surface area contributed by atoms with Crippen molar-refractivity contribution in [2.75, 3.05) is 13.1 Å². The third-order valence-corrected chi connectivity index (χ3v) is 6.45. The van der Waals surface area contributed by atoms with Crippen LogP contribution in [0.4, 0.5) is 0 Å². The fourth-order valence-corrected chi connectivity index (χ4v) is 4.83. The van der Waals surface area contributed by atoms with Gasteiger partial charge in [-0.3, -0.25) is 9.47 Å². The molecular weight excluding hydrogens is 378 g/mol. The lowest BCUT2D eigenvalue weighted by Crippen LogP contribution is -2.35. The topological polar surface area (TPSA) is 41.8 Å². The van der Waals surface area contributed by atoms with Gasteiger partial charge in [0, 0.05) is 35.4 Å². The summed E-state index contributed by atoms with van der Waals surface area (Å²) in [4.78, 5) is 6.01. The molecule has 0 unspecified atom stereocenters. The Bertz CT molecular complexity index is 1180. The zero-order chi connectivity index (χ0) is 19.8. The van der Waals surface area contributed by atoms with Crippen LogP contribution in [0.5, 0.6) is 0 Å². The van der Waals surface area contributed by atoms with Gasteiger partial charge in [-0.15, -0.1) is 0 Å². The summed E-state index contributed by atoms with van der Waals surface area (Å²) in [6.07, 6.45) is 4.14. The summed E-state index contributed by atoms with van der Waals surface area (Å²) in [7, 11) is 0. The number of rotatable bonds is 4. The van der Waals surface area contributed by atoms with E-state index in [4.69, 9.17) is 12.2 Å². The van der Waals surface area contributed by atoms with Crippen molar-refractivity contribution in [1.29, 1.82) is 0 Å². The molecule has 4 aromatic rings. The van der Waals surface area contributed by atoms with Crippen LogP contribution >= 0.6 is 12.2 Å². The molecule has 6 heteroatoms. The van der Waals surface area contributed by atoms with E-state index in [9.17, 15) is 0 Å². The number of piperidine rings is 1. The summed E-state index contributed by atoms with van der Waals surface area (Å²) in [5, 5.41) is 5.92. The third kappa shape index (κ3) is 3.43. The number of H-pyrrole nitrogens is 1. The van der Waals surface area contributed by atoms with E-state index in [1.54, 1.807) is 0 Å². The van der Waals surface area contributed by atoms with Crippen LogP contribution in [0, 0.1) is 11.7 Å². The lowest BCUT2D eigenvalue weighted by atomic mass is 9.87. The highest BCUT2D eigenvalue weighted by Gasteiger charge is 2.25. The zero-order valence-electron chi connectivity index (χ0n) is 16.6. The molecule has 1 aliphatic heterocycles. The number of aromatic amines is 1. The smallest absolute Gasteiger partial charge is 0.203 e. The summed E-state index contributed by atoms with van der Waals surface area (Å²) < 4.78 is 4.64. The SMILES string of the molecule is Cc1[nH]c2ccccc2c1C1CCN(Cn2ncn(-c3ccccc3)c2=S)CC1. The molecule has 2 aromatic carbocycles. The predicted molar refractivity (Wildman–Crippen MR) is 119 cm³/mol. The summed E-state index contributed by atoms with van der Waals surface area (Å²) >= 11 is 5.67. The first-order valence-electron chi connectivity index (χ1n) is 10.2. The Balaban J connectivity index is 1.29. The lowest BCUT2D eigenvalue weighted by Gasteiger charge is -2.32. The summed E-state index contributed by atoms with van der Waals surface area (Å²) in [6, 6.07) is 18.8. The first-order valence-corrected chi connectivity index (χ1v) is 10.6. The van der Waals surface area contributed by atoms with Crippen molar-refractivity contribution in [3.05, 3.63) is 77.0 Å². The number of nitrogens with zero attached hydrogens (tertiary/aromatic N) is 4. The van der Waals surface area contributed by atoms with Crippen LogP contribution in [-0.4, -0.2) is 37.3 Å². The maximum absolute atomic E-state index is 5.67. The number of fused-ring (bicyclic) bond motifs is 1. The molecule has 1 saturated heterocycles. The van der Waals surface area contributed by atoms with E-state index in [-0.39, 0.29) is 0 Å². The van der Waals surface area contributed by atoms with Gasteiger partial charge in [-0.1, -0.05) is 36.4 Å². The quantitative estimate of drug-likeness (QED) is 0.486. The van der Waals surface area contributed by atoms with E-state index in [1.165, 1.54) is 22.2 Å². The van der Waals surface area contributed by atoms with Crippen LogP contribution in [-0.2, 0) is 6.67 Å². The molecule has 148 valence electrons.